The SMILES string of the molecule is OCC1O[C@H](Sc2ccc(Cl)c(Cl)c2)[C@@H](OCc2nn[nH]n2)C(n2cc(-c3cc(F)c(F)c(F)c3)nn2)[C@H]1O. The number of hydrogen-bond acceptors (Lipinski definition) is 10. The van der Waals surface area contributed by atoms with Crippen molar-refractivity contribution in [2.75, 3.05) is 6.61 Å². The smallest absolute Gasteiger partial charge is 0.200 e. The third-order valence-corrected chi connectivity index (χ3v) is 7.73. The molecule has 1 aliphatic heterocycles. The number of nitrogens with one attached hydrogen (secondary N) is 1. The molecule has 4 aromatic rings. The van der Waals surface area contributed by atoms with Gasteiger partial charge in [-0.25, -0.2) is 17.9 Å². The fourth-order valence-electron chi connectivity index (χ4n) is 3.99. The van der Waals surface area contributed by atoms with Crippen LogP contribution in [-0.2, 0) is 16.1 Å². The van der Waals surface area contributed by atoms with E-state index in [4.69, 9.17) is 32.7 Å². The molecule has 1 aliphatic rings. The fourth-order valence-corrected chi connectivity index (χ4v) is 5.53. The number of aliphatic hydroxyl groups is 2. The van der Waals surface area contributed by atoms with Crippen molar-refractivity contribution in [3.05, 3.63) is 69.9 Å². The molecule has 2 aromatic carbocycles. The standard InChI is InChI=1S/C22H18Cl2F3N7O4S/c23-11-2-1-10(5-12(11)24)39-22-21(37-8-17-29-31-32-30-17)19(20(36)16(7-35)38-22)34-6-15(28-33-34)9-3-13(25)18(27)14(26)4-9/h1-6,16,19-22,35-36H,7-8H2,(H,29,30,31,32)/t16?,19?,20-,21-,22+/m0/s1. The monoisotopic (exact) mass is 603 g/mol. The molecule has 17 heteroatoms. The Morgan fingerprint density at radius 2 is 1.87 bits per heavy atom. The number of hydrogen-bond donors (Lipinski definition) is 3. The summed E-state index contributed by atoms with van der Waals surface area (Å²) in [4.78, 5) is 0.644. The lowest BCUT2D eigenvalue weighted by molar-refractivity contribution is -0.196. The molecule has 1 fully saturated rings. The van der Waals surface area contributed by atoms with E-state index in [9.17, 15) is 23.4 Å². The van der Waals surface area contributed by atoms with E-state index in [-0.39, 0.29) is 23.7 Å². The molecule has 0 spiro atoms. The number of aliphatic hydroxyl groups excluding tert-OH is 2. The lowest BCUT2D eigenvalue weighted by Crippen LogP contribution is -2.55. The number of ether oxygens (including phenoxy) is 2. The van der Waals surface area contributed by atoms with Crippen LogP contribution in [0.15, 0.2) is 41.4 Å². The summed E-state index contributed by atoms with van der Waals surface area (Å²) in [7, 11) is 0. The van der Waals surface area contributed by atoms with Gasteiger partial charge >= 0.3 is 0 Å². The fraction of sp³-hybridized carbons (Fsp3) is 0.318. The molecule has 0 bridgehead atoms. The highest BCUT2D eigenvalue weighted by atomic mass is 35.5. The number of H-pyrrole nitrogens is 1. The lowest BCUT2D eigenvalue weighted by Gasteiger charge is -2.43. The van der Waals surface area contributed by atoms with Crippen LogP contribution in [0.3, 0.4) is 0 Å². The first-order valence-corrected chi connectivity index (χ1v) is 12.9. The summed E-state index contributed by atoms with van der Waals surface area (Å²) < 4.78 is 54.4. The Kier molecular flexibility index (Phi) is 8.37. The van der Waals surface area contributed by atoms with Gasteiger partial charge in [0, 0.05) is 10.5 Å². The quantitative estimate of drug-likeness (QED) is 0.257. The number of benzene rings is 2. The average Bonchev–Trinajstić information content (AvgIpc) is 3.61. The van der Waals surface area contributed by atoms with Gasteiger partial charge in [-0.3, -0.25) is 0 Å². The Labute approximate surface area is 232 Å². The highest BCUT2D eigenvalue weighted by molar-refractivity contribution is 7.99. The van der Waals surface area contributed by atoms with Crippen molar-refractivity contribution in [1.82, 2.24) is 35.6 Å². The van der Waals surface area contributed by atoms with Crippen LogP contribution in [-0.4, -0.2) is 76.2 Å². The van der Waals surface area contributed by atoms with Gasteiger partial charge in [0.25, 0.3) is 0 Å². The third-order valence-electron chi connectivity index (χ3n) is 5.86. The lowest BCUT2D eigenvalue weighted by atomic mass is 9.97. The van der Waals surface area contributed by atoms with Crippen molar-refractivity contribution in [3.63, 3.8) is 0 Å². The van der Waals surface area contributed by atoms with Crippen LogP contribution in [0.5, 0.6) is 0 Å². The van der Waals surface area contributed by atoms with Gasteiger partial charge in [-0.1, -0.05) is 45.4 Å². The van der Waals surface area contributed by atoms with E-state index in [1.54, 1.807) is 18.2 Å². The second kappa shape index (κ2) is 11.8. The van der Waals surface area contributed by atoms with Gasteiger partial charge < -0.3 is 19.7 Å². The van der Waals surface area contributed by atoms with Crippen molar-refractivity contribution in [1.29, 1.82) is 0 Å². The summed E-state index contributed by atoms with van der Waals surface area (Å²) >= 11 is 13.4. The molecule has 1 saturated heterocycles. The van der Waals surface area contributed by atoms with Crippen molar-refractivity contribution in [3.8, 4) is 11.3 Å². The van der Waals surface area contributed by atoms with Crippen LogP contribution < -0.4 is 0 Å². The number of aromatic amines is 1. The van der Waals surface area contributed by atoms with E-state index >= 15 is 0 Å². The Balaban J connectivity index is 1.51. The molecule has 39 heavy (non-hydrogen) atoms. The van der Waals surface area contributed by atoms with Crippen LogP contribution in [0, 0.1) is 17.5 Å². The first kappa shape index (κ1) is 27.8. The minimum absolute atomic E-state index is 0.00218. The van der Waals surface area contributed by atoms with Crippen molar-refractivity contribution >= 4 is 35.0 Å². The molecule has 5 rings (SSSR count). The zero-order valence-corrected chi connectivity index (χ0v) is 21.8. The summed E-state index contributed by atoms with van der Waals surface area (Å²) in [6, 6.07) is 5.45. The van der Waals surface area contributed by atoms with Crippen LogP contribution in [0.2, 0.25) is 10.0 Å². The maximum absolute atomic E-state index is 13.8. The Bertz CT molecular complexity index is 1430. The Hall–Kier alpha value is -2.79. The molecule has 0 radical (unpaired) electrons. The minimum Gasteiger partial charge on any atom is -0.394 e. The number of thioether (sulfide) groups is 1. The van der Waals surface area contributed by atoms with Crippen molar-refractivity contribution in [2.45, 2.75) is 41.3 Å². The number of tetrazole rings is 1. The molecule has 0 aliphatic carbocycles. The summed E-state index contributed by atoms with van der Waals surface area (Å²) in [6.45, 7) is -0.699. The molecule has 2 aromatic heterocycles. The molecule has 3 N–H and O–H groups in total. The highest BCUT2D eigenvalue weighted by Crippen LogP contribution is 2.41. The summed E-state index contributed by atoms with van der Waals surface area (Å²) in [6.07, 6.45) is -2.11. The predicted octanol–water partition coefficient (Wildman–Crippen LogP) is 3.18. The van der Waals surface area contributed by atoms with Crippen LogP contribution in [0.1, 0.15) is 11.9 Å². The summed E-state index contributed by atoms with van der Waals surface area (Å²) in [5.41, 5.74) is -0.936. The molecular formula is C22H18Cl2F3N7O4S. The van der Waals surface area contributed by atoms with Gasteiger partial charge in [0.15, 0.2) is 23.3 Å². The second-order valence-electron chi connectivity index (χ2n) is 8.34. The zero-order valence-electron chi connectivity index (χ0n) is 19.5. The maximum Gasteiger partial charge on any atom is 0.200 e. The van der Waals surface area contributed by atoms with Crippen LogP contribution in [0.25, 0.3) is 11.3 Å². The minimum atomic E-state index is -1.62. The summed E-state index contributed by atoms with van der Waals surface area (Å²) in [5.74, 6) is -4.20. The number of halogens is 5. The van der Waals surface area contributed by atoms with E-state index in [1.807, 2.05) is 0 Å². The van der Waals surface area contributed by atoms with E-state index in [2.05, 4.69) is 30.9 Å². The predicted molar refractivity (Wildman–Crippen MR) is 131 cm³/mol. The highest BCUT2D eigenvalue weighted by Gasteiger charge is 2.48. The number of nitrogens with zero attached hydrogens (tertiary/aromatic N) is 6. The van der Waals surface area contributed by atoms with Gasteiger partial charge in [-0.2, -0.15) is 5.21 Å². The summed E-state index contributed by atoms with van der Waals surface area (Å²) in [5, 5.41) is 43.2. The topological polar surface area (TPSA) is 144 Å². The Morgan fingerprint density at radius 1 is 1.10 bits per heavy atom. The van der Waals surface area contributed by atoms with Gasteiger partial charge in [-0.05, 0) is 30.3 Å². The van der Waals surface area contributed by atoms with Gasteiger partial charge in [-0.15, -0.1) is 15.3 Å². The molecule has 0 saturated carbocycles. The van der Waals surface area contributed by atoms with Gasteiger partial charge in [0.1, 0.15) is 42.1 Å². The average molecular weight is 604 g/mol. The van der Waals surface area contributed by atoms with Gasteiger partial charge in [0.2, 0.25) is 0 Å². The molecule has 11 nitrogen and oxygen atoms in total. The molecule has 0 amide bonds. The number of aromatic nitrogens is 7. The molecule has 2 unspecified atom stereocenters. The van der Waals surface area contributed by atoms with Crippen LogP contribution >= 0.6 is 35.0 Å². The molecule has 3 heterocycles. The van der Waals surface area contributed by atoms with E-state index < -0.39 is 53.8 Å². The van der Waals surface area contributed by atoms with E-state index in [0.29, 0.717) is 14.9 Å². The third kappa shape index (κ3) is 5.89. The van der Waals surface area contributed by atoms with E-state index in [0.717, 1.165) is 12.1 Å². The second-order valence-corrected chi connectivity index (χ2v) is 10.3. The largest absolute Gasteiger partial charge is 0.394 e. The first-order chi connectivity index (χ1) is 18.7. The normalized spacial score (nSPS) is 23.3. The van der Waals surface area contributed by atoms with Gasteiger partial charge in [0.05, 0.1) is 22.8 Å². The Morgan fingerprint density at radius 3 is 2.54 bits per heavy atom. The van der Waals surface area contributed by atoms with E-state index in [1.165, 1.54) is 22.6 Å². The molecular weight excluding hydrogens is 586 g/mol. The van der Waals surface area contributed by atoms with Crippen molar-refractivity contribution in [2.24, 2.45) is 0 Å². The zero-order chi connectivity index (χ0) is 27.7. The molecule has 206 valence electrons. The molecule has 5 atom stereocenters. The maximum atomic E-state index is 13.8. The van der Waals surface area contributed by atoms with Crippen molar-refractivity contribution < 1.29 is 32.9 Å². The number of rotatable bonds is 8. The first-order valence-electron chi connectivity index (χ1n) is 11.2. The van der Waals surface area contributed by atoms with Crippen LogP contribution in [0.4, 0.5) is 13.2 Å².